The second-order valence-electron chi connectivity index (χ2n) is 5.14. The molecule has 0 heterocycles. The van der Waals surface area contributed by atoms with Gasteiger partial charge in [-0.2, -0.15) is 0 Å². The van der Waals surface area contributed by atoms with E-state index in [9.17, 15) is 0 Å². The summed E-state index contributed by atoms with van der Waals surface area (Å²) in [5, 5.41) is 0. The molecular formula is C10H24Cl2N2. The molecule has 4 heteroatoms. The van der Waals surface area contributed by atoms with Crippen LogP contribution in [0.1, 0.15) is 0 Å². The van der Waals surface area contributed by atoms with Crippen LogP contribution in [0.4, 0.5) is 0 Å². The normalized spacial score (nSPS) is 11.2. The zero-order chi connectivity index (χ0) is 9.83. The van der Waals surface area contributed by atoms with E-state index in [0.29, 0.717) is 0 Å². The average molecular weight is 243 g/mol. The molecule has 0 saturated heterocycles. The Morgan fingerprint density at radius 2 is 1.36 bits per heavy atom. The quantitative estimate of drug-likeness (QED) is 0.335. The molecule has 0 saturated carbocycles. The van der Waals surface area contributed by atoms with Gasteiger partial charge in [0.25, 0.3) is 0 Å². The van der Waals surface area contributed by atoms with Gasteiger partial charge in [-0.15, -0.1) is 0 Å². The molecule has 0 aromatic rings. The Morgan fingerprint density at radius 1 is 0.929 bits per heavy atom. The predicted octanol–water partition coefficient (Wildman–Crippen LogP) is -5.04. The number of hydrogen-bond donors (Lipinski definition) is 0. The van der Waals surface area contributed by atoms with Crippen LogP contribution in [0.5, 0.6) is 0 Å². The number of rotatable bonds is 5. The third kappa shape index (κ3) is 12.2. The Kier molecular flexibility index (Phi) is 10.6. The summed E-state index contributed by atoms with van der Waals surface area (Å²) in [7, 11) is 11.2. The maximum absolute atomic E-state index is 3.77. The Bertz CT molecular complexity index is 151. The van der Waals surface area contributed by atoms with E-state index in [0.717, 1.165) is 15.5 Å². The Labute approximate surface area is 102 Å². The first kappa shape index (κ1) is 19.8. The van der Waals surface area contributed by atoms with Gasteiger partial charge in [-0.1, -0.05) is 6.58 Å². The molecule has 0 radical (unpaired) electrons. The molecule has 0 aromatic heterocycles. The van der Waals surface area contributed by atoms with Crippen LogP contribution in [0.25, 0.3) is 0 Å². The predicted molar refractivity (Wildman–Crippen MR) is 54.9 cm³/mol. The minimum Gasteiger partial charge on any atom is -1.00 e. The summed E-state index contributed by atoms with van der Waals surface area (Å²) in [5.74, 6) is 0. The molecule has 0 amide bonds. The van der Waals surface area contributed by atoms with Gasteiger partial charge in [0.05, 0.1) is 41.8 Å². The van der Waals surface area contributed by atoms with Crippen molar-refractivity contribution in [2.45, 2.75) is 0 Å². The van der Waals surface area contributed by atoms with Gasteiger partial charge in [-0.3, -0.25) is 0 Å². The number of nitrogens with zero attached hydrogens (tertiary/aromatic N) is 2. The second-order valence-corrected chi connectivity index (χ2v) is 5.14. The van der Waals surface area contributed by atoms with Gasteiger partial charge in [0.1, 0.15) is 13.1 Å². The molecule has 0 rings (SSSR count). The van der Waals surface area contributed by atoms with E-state index in [2.05, 4.69) is 41.8 Å². The zero-order valence-corrected chi connectivity index (χ0v) is 11.6. The minimum absolute atomic E-state index is 0. The fraction of sp³-hybridized carbons (Fsp3) is 0.800. The van der Waals surface area contributed by atoms with Gasteiger partial charge in [0, 0.05) is 0 Å². The van der Waals surface area contributed by atoms with Gasteiger partial charge < -0.3 is 33.8 Å². The van der Waals surface area contributed by atoms with E-state index >= 15 is 0 Å². The minimum atomic E-state index is 0. The van der Waals surface area contributed by atoms with Crippen molar-refractivity contribution < 1.29 is 33.8 Å². The summed E-state index contributed by atoms with van der Waals surface area (Å²) in [4.78, 5) is 0. The molecule has 0 aliphatic carbocycles. The van der Waals surface area contributed by atoms with Gasteiger partial charge >= 0.3 is 0 Å². The van der Waals surface area contributed by atoms with Crippen LogP contribution in [-0.2, 0) is 0 Å². The summed E-state index contributed by atoms with van der Waals surface area (Å²) in [6.07, 6.45) is 2.00. The Hall–Kier alpha value is 0.240. The van der Waals surface area contributed by atoms with Crippen molar-refractivity contribution in [1.29, 1.82) is 0 Å². The van der Waals surface area contributed by atoms with Crippen molar-refractivity contribution in [2.75, 3.05) is 54.9 Å². The summed E-state index contributed by atoms with van der Waals surface area (Å²) in [6, 6.07) is 0. The van der Waals surface area contributed by atoms with Gasteiger partial charge in [-0.25, -0.2) is 0 Å². The fourth-order valence-electron chi connectivity index (χ4n) is 1.01. The Balaban J connectivity index is -0.000000605. The molecule has 0 aliphatic rings. The molecular weight excluding hydrogens is 219 g/mol. The highest BCUT2D eigenvalue weighted by atomic mass is 35.5. The van der Waals surface area contributed by atoms with Gasteiger partial charge in [0.15, 0.2) is 0 Å². The van der Waals surface area contributed by atoms with Crippen molar-refractivity contribution in [3.63, 3.8) is 0 Å². The van der Waals surface area contributed by atoms with Crippen molar-refractivity contribution in [3.8, 4) is 0 Å². The SMILES string of the molecule is C=CC[N+](C)(C)CC[N+](C)(C)C.[Cl-].[Cl-]. The molecule has 0 unspecified atom stereocenters. The third-order valence-electron chi connectivity index (χ3n) is 2.00. The molecule has 88 valence electrons. The monoisotopic (exact) mass is 242 g/mol. The van der Waals surface area contributed by atoms with Gasteiger partial charge in [-0.05, 0) is 6.08 Å². The van der Waals surface area contributed by atoms with Crippen LogP contribution in [0, 0.1) is 0 Å². The number of likely N-dealkylation sites (N-methyl/N-ethyl adjacent to an activating group) is 2. The summed E-state index contributed by atoms with van der Waals surface area (Å²) >= 11 is 0. The van der Waals surface area contributed by atoms with Crippen LogP contribution in [0.15, 0.2) is 12.7 Å². The highest BCUT2D eigenvalue weighted by molar-refractivity contribution is 4.64. The molecule has 0 N–H and O–H groups in total. The largest absolute Gasteiger partial charge is 1.00 e. The van der Waals surface area contributed by atoms with Crippen molar-refractivity contribution in [3.05, 3.63) is 12.7 Å². The topological polar surface area (TPSA) is 0 Å². The lowest BCUT2D eigenvalue weighted by atomic mass is 10.4. The van der Waals surface area contributed by atoms with E-state index < -0.39 is 0 Å². The lowest BCUT2D eigenvalue weighted by Crippen LogP contribution is -3.00. The molecule has 0 fully saturated rings. The Morgan fingerprint density at radius 3 is 1.64 bits per heavy atom. The average Bonchev–Trinajstić information content (AvgIpc) is 1.83. The molecule has 0 aliphatic heterocycles. The van der Waals surface area contributed by atoms with Crippen LogP contribution >= 0.6 is 0 Å². The molecule has 0 atom stereocenters. The van der Waals surface area contributed by atoms with E-state index in [1.807, 2.05) is 6.08 Å². The number of hydrogen-bond acceptors (Lipinski definition) is 0. The van der Waals surface area contributed by atoms with E-state index in [1.54, 1.807) is 0 Å². The third-order valence-corrected chi connectivity index (χ3v) is 2.00. The van der Waals surface area contributed by atoms with E-state index in [1.165, 1.54) is 13.1 Å². The lowest BCUT2D eigenvalue weighted by molar-refractivity contribution is -0.934. The van der Waals surface area contributed by atoms with Gasteiger partial charge in [0.2, 0.25) is 0 Å². The summed E-state index contributed by atoms with van der Waals surface area (Å²) in [5.41, 5.74) is 0. The summed E-state index contributed by atoms with van der Waals surface area (Å²) in [6.45, 7) is 7.24. The summed E-state index contributed by atoms with van der Waals surface area (Å²) < 4.78 is 2.08. The smallest absolute Gasteiger partial charge is 0.128 e. The van der Waals surface area contributed by atoms with Crippen molar-refractivity contribution in [1.82, 2.24) is 0 Å². The molecule has 2 nitrogen and oxygen atoms in total. The van der Waals surface area contributed by atoms with Crippen molar-refractivity contribution in [2.24, 2.45) is 0 Å². The first-order valence-electron chi connectivity index (χ1n) is 4.50. The molecule has 0 spiro atoms. The van der Waals surface area contributed by atoms with Crippen LogP contribution in [0.3, 0.4) is 0 Å². The fourth-order valence-corrected chi connectivity index (χ4v) is 1.01. The first-order valence-corrected chi connectivity index (χ1v) is 4.50. The highest BCUT2D eigenvalue weighted by Gasteiger charge is 2.17. The maximum Gasteiger partial charge on any atom is 0.128 e. The number of halogens is 2. The first-order chi connectivity index (χ1) is 5.27. The van der Waals surface area contributed by atoms with E-state index in [4.69, 9.17) is 0 Å². The highest BCUT2D eigenvalue weighted by Crippen LogP contribution is 1.99. The van der Waals surface area contributed by atoms with Crippen LogP contribution in [-0.4, -0.2) is 63.8 Å². The zero-order valence-electron chi connectivity index (χ0n) is 10.1. The molecule has 14 heavy (non-hydrogen) atoms. The maximum atomic E-state index is 3.77. The van der Waals surface area contributed by atoms with Crippen molar-refractivity contribution >= 4 is 0 Å². The van der Waals surface area contributed by atoms with Crippen LogP contribution in [0.2, 0.25) is 0 Å². The van der Waals surface area contributed by atoms with Crippen LogP contribution < -0.4 is 24.8 Å². The molecule has 0 aromatic carbocycles. The lowest BCUT2D eigenvalue weighted by Gasteiger charge is -2.32. The molecule has 0 bridgehead atoms. The van der Waals surface area contributed by atoms with E-state index in [-0.39, 0.29) is 24.8 Å². The number of quaternary nitrogens is 2. The standard InChI is InChI=1S/C10H24N2.2ClH/c1-7-8-12(5,6)10-9-11(2,3)4;;/h7H,1,8-10H2,2-6H3;2*1H/q+2;;/p-2. The second kappa shape index (κ2) is 7.52.